The Bertz CT molecular complexity index is 978. The molecule has 0 saturated carbocycles. The molecule has 2 aromatic rings. The van der Waals surface area contributed by atoms with Gasteiger partial charge in [-0.25, -0.2) is 14.2 Å². The summed E-state index contributed by atoms with van der Waals surface area (Å²) >= 11 is 1.26. The van der Waals surface area contributed by atoms with Crippen molar-refractivity contribution in [1.29, 1.82) is 0 Å². The van der Waals surface area contributed by atoms with Crippen molar-refractivity contribution >= 4 is 17.3 Å². The van der Waals surface area contributed by atoms with E-state index in [1.54, 1.807) is 6.07 Å². The molecular formula is C24H31FN2O7S. The van der Waals surface area contributed by atoms with Crippen molar-refractivity contribution in [1.82, 2.24) is 9.88 Å². The summed E-state index contributed by atoms with van der Waals surface area (Å²) < 4.78 is 19.9. The first-order valence-corrected chi connectivity index (χ1v) is 12.1. The van der Waals surface area contributed by atoms with Gasteiger partial charge in [-0.15, -0.1) is 11.3 Å². The van der Waals surface area contributed by atoms with Gasteiger partial charge in [0.25, 0.3) is 0 Å². The quantitative estimate of drug-likeness (QED) is 0.176. The molecule has 11 heteroatoms. The molecule has 192 valence electrons. The van der Waals surface area contributed by atoms with Gasteiger partial charge in [-0.2, -0.15) is 0 Å². The molecule has 1 heterocycles. The SMILES string of the molecule is O=C(O)c1ncsc1CCCOc1ccc(C#CCN(CC[C@H](O)CO)CC[C@H](O)CO)cc1F. The smallest absolute Gasteiger partial charge is 0.355 e. The molecule has 0 bridgehead atoms. The maximum Gasteiger partial charge on any atom is 0.355 e. The number of halogens is 1. The van der Waals surface area contributed by atoms with Crippen molar-refractivity contribution in [2.45, 2.75) is 37.9 Å². The molecule has 2 rings (SSSR count). The minimum atomic E-state index is -1.07. The normalized spacial score (nSPS) is 12.7. The van der Waals surface area contributed by atoms with Gasteiger partial charge >= 0.3 is 5.97 Å². The number of thiazole rings is 1. The molecule has 35 heavy (non-hydrogen) atoms. The van der Waals surface area contributed by atoms with Crippen LogP contribution in [0.4, 0.5) is 4.39 Å². The van der Waals surface area contributed by atoms with Crippen molar-refractivity contribution in [3.05, 3.63) is 45.7 Å². The second-order valence-corrected chi connectivity index (χ2v) is 8.79. The number of aliphatic hydroxyl groups excluding tert-OH is 4. The number of carboxylic acid groups (broad SMARTS) is 1. The van der Waals surface area contributed by atoms with Crippen LogP contribution in [-0.4, -0.2) is 93.0 Å². The number of hydrogen-bond donors (Lipinski definition) is 5. The fourth-order valence-corrected chi connectivity index (χ4v) is 3.90. The summed E-state index contributed by atoms with van der Waals surface area (Å²) in [5.41, 5.74) is 1.98. The van der Waals surface area contributed by atoms with Gasteiger partial charge in [0, 0.05) is 23.5 Å². The fourth-order valence-electron chi connectivity index (χ4n) is 3.10. The predicted octanol–water partition coefficient (Wildman–Crippen LogP) is 1.13. The van der Waals surface area contributed by atoms with E-state index in [0.29, 0.717) is 55.8 Å². The maximum atomic E-state index is 14.4. The van der Waals surface area contributed by atoms with Crippen LogP contribution in [0.5, 0.6) is 5.75 Å². The Hall–Kier alpha value is -2.59. The Morgan fingerprint density at radius 1 is 1.17 bits per heavy atom. The average molecular weight is 511 g/mol. The molecule has 1 aromatic carbocycles. The fraction of sp³-hybridized carbons (Fsp3) is 0.500. The minimum Gasteiger partial charge on any atom is -0.491 e. The molecule has 1 aromatic heterocycles. The number of hydrogen-bond acceptors (Lipinski definition) is 9. The summed E-state index contributed by atoms with van der Waals surface area (Å²) in [6.45, 7) is 0.692. The zero-order valence-corrected chi connectivity index (χ0v) is 20.1. The topological polar surface area (TPSA) is 144 Å². The number of aromatic carboxylic acids is 1. The number of aryl methyl sites for hydroxylation is 1. The molecule has 0 aliphatic rings. The van der Waals surface area contributed by atoms with Gasteiger partial charge in [-0.1, -0.05) is 11.8 Å². The summed E-state index contributed by atoms with van der Waals surface area (Å²) in [5, 5.41) is 46.2. The molecule has 0 radical (unpaired) electrons. The van der Waals surface area contributed by atoms with Gasteiger partial charge in [0.2, 0.25) is 0 Å². The summed E-state index contributed by atoms with van der Waals surface area (Å²) in [6.07, 6.45) is -0.0656. The zero-order valence-electron chi connectivity index (χ0n) is 19.3. The zero-order chi connectivity index (χ0) is 25.6. The highest BCUT2D eigenvalue weighted by Gasteiger charge is 2.13. The van der Waals surface area contributed by atoms with E-state index in [4.69, 9.17) is 20.1 Å². The molecule has 5 N–H and O–H groups in total. The molecule has 0 aliphatic carbocycles. The van der Waals surface area contributed by atoms with Gasteiger partial charge < -0.3 is 30.3 Å². The van der Waals surface area contributed by atoms with Crippen molar-refractivity contribution in [3.63, 3.8) is 0 Å². The van der Waals surface area contributed by atoms with E-state index in [1.165, 1.54) is 29.0 Å². The number of aromatic nitrogens is 1. The molecule has 2 atom stereocenters. The van der Waals surface area contributed by atoms with Gasteiger partial charge in [0.1, 0.15) is 0 Å². The number of carboxylic acids is 1. The van der Waals surface area contributed by atoms with Crippen molar-refractivity contribution < 1.29 is 39.5 Å². The van der Waals surface area contributed by atoms with E-state index in [1.807, 2.05) is 4.90 Å². The number of benzene rings is 1. The number of rotatable bonds is 15. The van der Waals surface area contributed by atoms with Crippen LogP contribution in [-0.2, 0) is 6.42 Å². The molecule has 0 aliphatic heterocycles. The van der Waals surface area contributed by atoms with Crippen molar-refractivity contribution in [3.8, 4) is 17.6 Å². The lowest BCUT2D eigenvalue weighted by Crippen LogP contribution is -2.32. The largest absolute Gasteiger partial charge is 0.491 e. The van der Waals surface area contributed by atoms with Crippen LogP contribution in [0.1, 0.15) is 40.2 Å². The minimum absolute atomic E-state index is 0.0387. The second-order valence-electron chi connectivity index (χ2n) is 7.85. The first kappa shape index (κ1) is 28.6. The highest BCUT2D eigenvalue weighted by Crippen LogP contribution is 2.20. The van der Waals surface area contributed by atoms with Crippen molar-refractivity contribution in [2.24, 2.45) is 0 Å². The average Bonchev–Trinajstić information content (AvgIpc) is 3.32. The number of nitrogens with zero attached hydrogens (tertiary/aromatic N) is 2. The third-order valence-electron chi connectivity index (χ3n) is 5.10. The predicted molar refractivity (Wildman–Crippen MR) is 128 cm³/mol. The standard InChI is InChI=1S/C24H31FN2O7S/c25-20-13-17(3-1-9-27(10-7-18(30)14-28)11-8-19(31)15-29)5-6-21(20)34-12-2-4-22-23(24(32)33)26-16-35-22/h5-6,13,16,18-19,28-31H,2,4,7-12,14-15H2,(H,32,33)/t18-,19-/m0/s1. The summed E-state index contributed by atoms with van der Waals surface area (Å²) in [6, 6.07) is 4.39. The summed E-state index contributed by atoms with van der Waals surface area (Å²) in [5.74, 6) is 4.27. The van der Waals surface area contributed by atoms with E-state index in [0.717, 1.165) is 0 Å². The van der Waals surface area contributed by atoms with Crippen LogP contribution in [0.15, 0.2) is 23.7 Å². The molecule has 0 saturated heterocycles. The van der Waals surface area contributed by atoms with Crippen LogP contribution < -0.4 is 4.74 Å². The number of carbonyl (C=O) groups is 1. The molecule has 0 unspecified atom stereocenters. The highest BCUT2D eigenvalue weighted by molar-refractivity contribution is 7.09. The van der Waals surface area contributed by atoms with Crippen LogP contribution in [0.2, 0.25) is 0 Å². The number of aliphatic hydroxyl groups is 4. The first-order valence-electron chi connectivity index (χ1n) is 11.2. The Balaban J connectivity index is 1.87. The van der Waals surface area contributed by atoms with Crippen LogP contribution in [0.3, 0.4) is 0 Å². The summed E-state index contributed by atoms with van der Waals surface area (Å²) in [4.78, 5) is 17.4. The third-order valence-corrected chi connectivity index (χ3v) is 5.99. The second kappa shape index (κ2) is 15.4. The van der Waals surface area contributed by atoms with Crippen LogP contribution >= 0.6 is 11.3 Å². The third kappa shape index (κ3) is 10.3. The Morgan fingerprint density at radius 3 is 2.46 bits per heavy atom. The lowest BCUT2D eigenvalue weighted by atomic mass is 10.2. The van der Waals surface area contributed by atoms with Crippen LogP contribution in [0.25, 0.3) is 0 Å². The van der Waals surface area contributed by atoms with Gasteiger partial charge in [-0.05, 0) is 43.9 Å². The van der Waals surface area contributed by atoms with Crippen LogP contribution in [0, 0.1) is 17.7 Å². The van der Waals surface area contributed by atoms with Gasteiger partial charge in [0.15, 0.2) is 17.3 Å². The first-order chi connectivity index (χ1) is 16.8. The highest BCUT2D eigenvalue weighted by atomic mass is 32.1. The van der Waals surface area contributed by atoms with E-state index >= 15 is 0 Å². The Labute approximate surface area is 207 Å². The molecule has 0 spiro atoms. The van der Waals surface area contributed by atoms with E-state index in [-0.39, 0.29) is 31.3 Å². The van der Waals surface area contributed by atoms with E-state index in [2.05, 4.69) is 16.8 Å². The lowest BCUT2D eigenvalue weighted by molar-refractivity contribution is 0.0657. The monoisotopic (exact) mass is 510 g/mol. The number of ether oxygens (including phenoxy) is 1. The van der Waals surface area contributed by atoms with Gasteiger partial charge in [0.05, 0.1) is 44.1 Å². The summed E-state index contributed by atoms with van der Waals surface area (Å²) in [7, 11) is 0. The molecule has 0 amide bonds. The van der Waals surface area contributed by atoms with E-state index < -0.39 is 24.0 Å². The lowest BCUT2D eigenvalue weighted by Gasteiger charge is -2.22. The van der Waals surface area contributed by atoms with Gasteiger partial charge in [-0.3, -0.25) is 4.90 Å². The van der Waals surface area contributed by atoms with E-state index in [9.17, 15) is 19.4 Å². The molecule has 9 nitrogen and oxygen atoms in total. The molecular weight excluding hydrogens is 479 g/mol. The Morgan fingerprint density at radius 2 is 1.86 bits per heavy atom. The maximum absolute atomic E-state index is 14.4. The molecule has 0 fully saturated rings. The van der Waals surface area contributed by atoms with Crippen molar-refractivity contribution in [2.75, 3.05) is 39.5 Å². The Kier molecular flexibility index (Phi) is 12.6.